The van der Waals surface area contributed by atoms with Gasteiger partial charge in [-0.3, -0.25) is 9.48 Å². The second kappa shape index (κ2) is 10.0. The van der Waals surface area contributed by atoms with Crippen LogP contribution >= 0.6 is 11.3 Å². The number of rotatable bonds is 9. The molecule has 0 aliphatic carbocycles. The molecule has 3 N–H and O–H groups in total. The number of nitrogens with zero attached hydrogens (tertiary/aromatic N) is 3. The highest BCUT2D eigenvalue weighted by molar-refractivity contribution is 7.13. The number of nitrogen functional groups attached to an aromatic ring is 1. The number of amides is 1. The van der Waals surface area contributed by atoms with Crippen LogP contribution in [0.5, 0.6) is 0 Å². The average Bonchev–Trinajstić information content (AvgIpc) is 3.47. The van der Waals surface area contributed by atoms with Gasteiger partial charge in [-0.1, -0.05) is 47.7 Å². The second-order valence-corrected chi connectivity index (χ2v) is 8.34. The highest BCUT2D eigenvalue weighted by Gasteiger charge is 2.10. The zero-order chi connectivity index (χ0) is 21.5. The number of hydrogen-bond donors (Lipinski definition) is 2. The third-order valence-corrected chi connectivity index (χ3v) is 5.94. The number of aromatic nitrogens is 3. The summed E-state index contributed by atoms with van der Waals surface area (Å²) < 4.78 is 1.85. The lowest BCUT2D eigenvalue weighted by Gasteiger charge is -2.09. The largest absolute Gasteiger partial charge is 0.397 e. The van der Waals surface area contributed by atoms with Crippen molar-refractivity contribution < 1.29 is 4.79 Å². The van der Waals surface area contributed by atoms with Crippen LogP contribution in [0, 0.1) is 0 Å². The molecule has 4 rings (SSSR count). The molecule has 0 atom stereocenters. The second-order valence-electron chi connectivity index (χ2n) is 7.39. The first kappa shape index (κ1) is 20.8. The third-order valence-electron chi connectivity index (χ3n) is 5.02. The minimum atomic E-state index is -0.0892. The minimum Gasteiger partial charge on any atom is -0.397 e. The van der Waals surface area contributed by atoms with Crippen molar-refractivity contribution in [1.29, 1.82) is 0 Å². The van der Waals surface area contributed by atoms with Crippen LogP contribution in [0.25, 0.3) is 10.4 Å². The highest BCUT2D eigenvalue weighted by atomic mass is 32.1. The minimum absolute atomic E-state index is 0.0892. The van der Waals surface area contributed by atoms with E-state index in [2.05, 4.69) is 39.9 Å². The molecular formula is C24H25N5OS. The first-order valence-corrected chi connectivity index (χ1v) is 11.2. The van der Waals surface area contributed by atoms with Crippen molar-refractivity contribution in [3.05, 3.63) is 83.5 Å². The standard InChI is InChI=1S/C24H25N5OS/c25-21-12-10-19(23-9-5-15-31-23)16-22(21)26-24(30)13-11-20-17-29(28-27-20)14-4-8-18-6-2-1-3-7-18/h1-3,5-7,9-10,12,15-17H,4,8,11,13-14,25H2,(H,26,30). The molecule has 2 heterocycles. The molecule has 2 aromatic carbocycles. The summed E-state index contributed by atoms with van der Waals surface area (Å²) in [6.45, 7) is 0.806. The van der Waals surface area contributed by atoms with Crippen molar-refractivity contribution in [3.8, 4) is 10.4 Å². The Morgan fingerprint density at radius 1 is 1.06 bits per heavy atom. The Labute approximate surface area is 185 Å². The van der Waals surface area contributed by atoms with Gasteiger partial charge in [0.2, 0.25) is 5.91 Å². The number of nitrogens with one attached hydrogen (secondary N) is 1. The fourth-order valence-corrected chi connectivity index (χ4v) is 4.09. The van der Waals surface area contributed by atoms with Crippen LogP contribution in [0.15, 0.2) is 72.2 Å². The Balaban J connectivity index is 1.26. The summed E-state index contributed by atoms with van der Waals surface area (Å²) in [5, 5.41) is 13.3. The smallest absolute Gasteiger partial charge is 0.224 e. The molecule has 4 aromatic rings. The molecule has 0 saturated heterocycles. The molecule has 0 aliphatic rings. The molecule has 0 unspecified atom stereocenters. The van der Waals surface area contributed by atoms with E-state index in [1.165, 1.54) is 5.56 Å². The molecule has 158 valence electrons. The van der Waals surface area contributed by atoms with Crippen molar-refractivity contribution in [1.82, 2.24) is 15.0 Å². The van der Waals surface area contributed by atoms with Crippen LogP contribution < -0.4 is 11.1 Å². The molecule has 7 heteroatoms. The zero-order valence-electron chi connectivity index (χ0n) is 17.2. The van der Waals surface area contributed by atoms with E-state index in [9.17, 15) is 4.79 Å². The van der Waals surface area contributed by atoms with Gasteiger partial charge in [0.05, 0.1) is 17.1 Å². The third kappa shape index (κ3) is 5.79. The Bertz CT molecular complexity index is 1120. The van der Waals surface area contributed by atoms with Gasteiger partial charge in [0, 0.05) is 30.5 Å². The maximum Gasteiger partial charge on any atom is 0.224 e. The van der Waals surface area contributed by atoms with Crippen LogP contribution in [-0.2, 0) is 24.2 Å². The fraction of sp³-hybridized carbons (Fsp3) is 0.208. The summed E-state index contributed by atoms with van der Waals surface area (Å²) in [4.78, 5) is 13.6. The van der Waals surface area contributed by atoms with E-state index in [0.717, 1.165) is 35.5 Å². The van der Waals surface area contributed by atoms with Gasteiger partial charge in [-0.15, -0.1) is 16.4 Å². The van der Waals surface area contributed by atoms with Crippen molar-refractivity contribution in [2.24, 2.45) is 0 Å². The topological polar surface area (TPSA) is 85.8 Å². The quantitative estimate of drug-likeness (QED) is 0.373. The van der Waals surface area contributed by atoms with E-state index in [4.69, 9.17) is 5.73 Å². The van der Waals surface area contributed by atoms with Gasteiger partial charge in [-0.25, -0.2) is 0 Å². The van der Waals surface area contributed by atoms with Crippen LogP contribution in [0.1, 0.15) is 24.1 Å². The molecule has 0 saturated carbocycles. The van der Waals surface area contributed by atoms with E-state index in [-0.39, 0.29) is 5.91 Å². The molecular weight excluding hydrogens is 406 g/mol. The maximum atomic E-state index is 12.5. The Morgan fingerprint density at radius 2 is 1.94 bits per heavy atom. The zero-order valence-corrected chi connectivity index (χ0v) is 18.0. The number of carbonyl (C=O) groups excluding carboxylic acids is 1. The normalized spacial score (nSPS) is 10.8. The summed E-state index contributed by atoms with van der Waals surface area (Å²) in [6.07, 6.45) is 4.78. The molecule has 1 amide bonds. The molecule has 0 radical (unpaired) electrons. The molecule has 2 aromatic heterocycles. The molecule has 31 heavy (non-hydrogen) atoms. The summed E-state index contributed by atoms with van der Waals surface area (Å²) in [6, 6.07) is 20.2. The summed E-state index contributed by atoms with van der Waals surface area (Å²) in [7, 11) is 0. The number of hydrogen-bond acceptors (Lipinski definition) is 5. The average molecular weight is 432 g/mol. The Kier molecular flexibility index (Phi) is 6.74. The van der Waals surface area contributed by atoms with E-state index in [0.29, 0.717) is 24.2 Å². The highest BCUT2D eigenvalue weighted by Crippen LogP contribution is 2.30. The predicted octanol–water partition coefficient (Wildman–Crippen LogP) is 4.79. The summed E-state index contributed by atoms with van der Waals surface area (Å²) in [5.74, 6) is -0.0892. The lowest BCUT2D eigenvalue weighted by molar-refractivity contribution is -0.116. The number of nitrogens with two attached hydrogens (primary N) is 1. The van der Waals surface area contributed by atoms with Crippen molar-refractivity contribution >= 4 is 28.6 Å². The van der Waals surface area contributed by atoms with Gasteiger partial charge in [0.1, 0.15) is 0 Å². The SMILES string of the molecule is Nc1ccc(-c2cccs2)cc1NC(=O)CCc1cn(CCCc2ccccc2)nn1. The monoisotopic (exact) mass is 431 g/mol. The summed E-state index contributed by atoms with van der Waals surface area (Å²) in [5.41, 5.74) is 10.4. The number of carbonyl (C=O) groups is 1. The first-order valence-electron chi connectivity index (χ1n) is 10.3. The van der Waals surface area contributed by atoms with Crippen molar-refractivity contribution in [3.63, 3.8) is 0 Å². The van der Waals surface area contributed by atoms with Crippen LogP contribution in [-0.4, -0.2) is 20.9 Å². The van der Waals surface area contributed by atoms with Crippen molar-refractivity contribution in [2.45, 2.75) is 32.2 Å². The molecule has 0 fully saturated rings. The molecule has 0 aliphatic heterocycles. The van der Waals surface area contributed by atoms with Gasteiger partial charge in [0.15, 0.2) is 0 Å². The van der Waals surface area contributed by atoms with E-state index >= 15 is 0 Å². The fourth-order valence-electron chi connectivity index (χ4n) is 3.37. The molecule has 0 spiro atoms. The van der Waals surface area contributed by atoms with Crippen LogP contribution in [0.2, 0.25) is 0 Å². The van der Waals surface area contributed by atoms with Crippen LogP contribution in [0.4, 0.5) is 11.4 Å². The van der Waals surface area contributed by atoms with E-state index in [1.54, 1.807) is 11.3 Å². The molecule has 6 nitrogen and oxygen atoms in total. The Morgan fingerprint density at radius 3 is 2.74 bits per heavy atom. The van der Waals surface area contributed by atoms with Gasteiger partial charge in [-0.2, -0.15) is 0 Å². The van der Waals surface area contributed by atoms with Gasteiger partial charge in [0.25, 0.3) is 0 Å². The van der Waals surface area contributed by atoms with Gasteiger partial charge >= 0.3 is 0 Å². The van der Waals surface area contributed by atoms with E-state index < -0.39 is 0 Å². The van der Waals surface area contributed by atoms with Crippen LogP contribution in [0.3, 0.4) is 0 Å². The predicted molar refractivity (Wildman–Crippen MR) is 126 cm³/mol. The summed E-state index contributed by atoms with van der Waals surface area (Å²) >= 11 is 1.65. The lowest BCUT2D eigenvalue weighted by atomic mass is 10.1. The van der Waals surface area contributed by atoms with Gasteiger partial charge in [-0.05, 0) is 47.5 Å². The van der Waals surface area contributed by atoms with E-state index in [1.807, 2.05) is 52.7 Å². The maximum absolute atomic E-state index is 12.5. The molecule has 0 bridgehead atoms. The lowest BCUT2D eigenvalue weighted by Crippen LogP contribution is -2.13. The Hall–Kier alpha value is -3.45. The van der Waals surface area contributed by atoms with Gasteiger partial charge < -0.3 is 11.1 Å². The number of thiophene rings is 1. The number of aryl methyl sites for hydroxylation is 3. The number of anilines is 2. The van der Waals surface area contributed by atoms with Crippen molar-refractivity contribution in [2.75, 3.05) is 11.1 Å². The number of benzene rings is 2. The first-order chi connectivity index (χ1) is 15.2.